The Morgan fingerprint density at radius 2 is 1.86 bits per heavy atom. The summed E-state index contributed by atoms with van der Waals surface area (Å²) in [5.41, 5.74) is 0.783. The molecule has 0 saturated heterocycles. The Bertz CT molecular complexity index is 402. The van der Waals surface area contributed by atoms with E-state index in [2.05, 4.69) is 29.4 Å². The maximum Gasteiger partial charge on any atom is 0.238 e. The topological polar surface area (TPSA) is 53.6 Å². The Morgan fingerprint density at radius 1 is 1.19 bits per heavy atom. The Balaban J connectivity index is 2.16. The highest BCUT2D eigenvalue weighted by atomic mass is 16.5. The van der Waals surface area contributed by atoms with Crippen LogP contribution in [0.4, 0.5) is 5.69 Å². The normalized spacial score (nSPS) is 10.7. The first-order valence-corrected chi connectivity index (χ1v) is 7.56. The van der Waals surface area contributed by atoms with Crippen molar-refractivity contribution in [1.29, 1.82) is 0 Å². The molecule has 2 N–H and O–H groups in total. The zero-order valence-corrected chi connectivity index (χ0v) is 13.3. The number of benzene rings is 1. The predicted octanol–water partition coefficient (Wildman–Crippen LogP) is 1.96. The summed E-state index contributed by atoms with van der Waals surface area (Å²) in [7, 11) is 1.62. The molecule has 118 valence electrons. The van der Waals surface area contributed by atoms with Gasteiger partial charge in [-0.05, 0) is 56.9 Å². The number of hydrogen-bond acceptors (Lipinski definition) is 4. The van der Waals surface area contributed by atoms with Crippen LogP contribution in [-0.4, -0.2) is 50.6 Å². The average Bonchev–Trinajstić information content (AvgIpc) is 2.51. The summed E-state index contributed by atoms with van der Waals surface area (Å²) in [5, 5.41) is 6.02. The molecule has 5 heteroatoms. The summed E-state index contributed by atoms with van der Waals surface area (Å²) in [6.45, 7) is 8.75. The number of anilines is 1. The van der Waals surface area contributed by atoms with E-state index in [1.54, 1.807) is 7.11 Å². The molecule has 0 atom stereocenters. The predicted molar refractivity (Wildman–Crippen MR) is 86.9 cm³/mol. The van der Waals surface area contributed by atoms with Gasteiger partial charge in [0.1, 0.15) is 5.75 Å². The summed E-state index contributed by atoms with van der Waals surface area (Å²) in [5.74, 6) is 0.755. The van der Waals surface area contributed by atoms with Crippen molar-refractivity contribution in [3.8, 4) is 5.75 Å². The van der Waals surface area contributed by atoms with E-state index in [0.29, 0.717) is 6.54 Å². The fourth-order valence-electron chi connectivity index (χ4n) is 2.05. The largest absolute Gasteiger partial charge is 0.497 e. The molecule has 1 amide bonds. The molecule has 0 aliphatic rings. The van der Waals surface area contributed by atoms with E-state index in [1.165, 1.54) is 0 Å². The lowest BCUT2D eigenvalue weighted by molar-refractivity contribution is -0.115. The molecule has 0 aliphatic carbocycles. The van der Waals surface area contributed by atoms with Crippen molar-refractivity contribution in [2.75, 3.05) is 45.2 Å². The van der Waals surface area contributed by atoms with Gasteiger partial charge in [-0.1, -0.05) is 13.8 Å². The zero-order valence-electron chi connectivity index (χ0n) is 13.3. The minimum atomic E-state index is -0.0250. The van der Waals surface area contributed by atoms with Gasteiger partial charge in [0, 0.05) is 5.69 Å². The first-order chi connectivity index (χ1) is 10.2. The molecule has 0 spiro atoms. The molecule has 0 fully saturated rings. The number of ether oxygens (including phenoxy) is 1. The number of carbonyl (C=O) groups excluding carboxylic acids is 1. The maximum atomic E-state index is 11.8. The number of hydrogen-bond donors (Lipinski definition) is 2. The van der Waals surface area contributed by atoms with Crippen LogP contribution in [0, 0.1) is 0 Å². The third-order valence-electron chi connectivity index (χ3n) is 3.38. The average molecular weight is 293 g/mol. The van der Waals surface area contributed by atoms with Crippen molar-refractivity contribution < 1.29 is 9.53 Å². The fourth-order valence-corrected chi connectivity index (χ4v) is 2.05. The molecule has 1 aromatic rings. The smallest absolute Gasteiger partial charge is 0.238 e. The van der Waals surface area contributed by atoms with Crippen LogP contribution in [0.5, 0.6) is 5.75 Å². The first kappa shape index (κ1) is 17.5. The Morgan fingerprint density at radius 3 is 2.43 bits per heavy atom. The van der Waals surface area contributed by atoms with Crippen molar-refractivity contribution >= 4 is 11.6 Å². The second-order valence-electron chi connectivity index (χ2n) is 4.83. The number of carbonyl (C=O) groups is 1. The molecule has 0 saturated carbocycles. The van der Waals surface area contributed by atoms with Gasteiger partial charge in [0.25, 0.3) is 0 Å². The van der Waals surface area contributed by atoms with Crippen LogP contribution in [0.2, 0.25) is 0 Å². The van der Waals surface area contributed by atoms with E-state index in [9.17, 15) is 4.79 Å². The standard InChI is InChI=1S/C16H27N3O2/c1-4-19(5-2)12-6-11-17-13-16(20)18-14-7-9-15(21-3)10-8-14/h7-10,17H,4-6,11-13H2,1-3H3,(H,18,20). The quantitative estimate of drug-likeness (QED) is 0.648. The van der Waals surface area contributed by atoms with Crippen molar-refractivity contribution in [2.45, 2.75) is 20.3 Å². The number of rotatable bonds is 10. The molecule has 1 rings (SSSR count). The van der Waals surface area contributed by atoms with Gasteiger partial charge in [-0.25, -0.2) is 0 Å². The van der Waals surface area contributed by atoms with Gasteiger partial charge >= 0.3 is 0 Å². The first-order valence-electron chi connectivity index (χ1n) is 7.56. The van der Waals surface area contributed by atoms with Crippen LogP contribution in [0.3, 0.4) is 0 Å². The van der Waals surface area contributed by atoms with E-state index in [0.717, 1.165) is 44.0 Å². The van der Waals surface area contributed by atoms with Crippen LogP contribution in [0.25, 0.3) is 0 Å². The SMILES string of the molecule is CCN(CC)CCCNCC(=O)Nc1ccc(OC)cc1. The summed E-state index contributed by atoms with van der Waals surface area (Å²) in [6, 6.07) is 7.31. The van der Waals surface area contributed by atoms with Crippen LogP contribution >= 0.6 is 0 Å². The lowest BCUT2D eigenvalue weighted by atomic mass is 10.3. The van der Waals surface area contributed by atoms with Gasteiger partial charge in [-0.15, -0.1) is 0 Å². The Labute approximate surface area is 127 Å². The Kier molecular flexibility index (Phi) is 8.47. The third kappa shape index (κ3) is 7.11. The monoisotopic (exact) mass is 293 g/mol. The molecular weight excluding hydrogens is 266 g/mol. The van der Waals surface area contributed by atoms with Crippen LogP contribution in [-0.2, 0) is 4.79 Å². The molecule has 1 aromatic carbocycles. The number of amides is 1. The van der Waals surface area contributed by atoms with E-state index in [1.807, 2.05) is 24.3 Å². The minimum absolute atomic E-state index is 0.0250. The Hall–Kier alpha value is -1.59. The lowest BCUT2D eigenvalue weighted by Crippen LogP contribution is -2.31. The highest BCUT2D eigenvalue weighted by Gasteiger charge is 2.02. The summed E-state index contributed by atoms with van der Waals surface area (Å²) in [6.07, 6.45) is 1.05. The second-order valence-corrected chi connectivity index (χ2v) is 4.83. The van der Waals surface area contributed by atoms with E-state index >= 15 is 0 Å². The minimum Gasteiger partial charge on any atom is -0.497 e. The van der Waals surface area contributed by atoms with E-state index in [-0.39, 0.29) is 5.91 Å². The van der Waals surface area contributed by atoms with Crippen molar-refractivity contribution in [2.24, 2.45) is 0 Å². The molecule has 0 bridgehead atoms. The highest BCUT2D eigenvalue weighted by molar-refractivity contribution is 5.92. The van der Waals surface area contributed by atoms with Gasteiger partial charge in [0.2, 0.25) is 5.91 Å². The van der Waals surface area contributed by atoms with Crippen molar-refractivity contribution in [3.63, 3.8) is 0 Å². The summed E-state index contributed by atoms with van der Waals surface area (Å²) < 4.78 is 5.07. The van der Waals surface area contributed by atoms with E-state index < -0.39 is 0 Å². The van der Waals surface area contributed by atoms with Crippen LogP contribution < -0.4 is 15.4 Å². The molecular formula is C16H27N3O2. The van der Waals surface area contributed by atoms with Crippen molar-refractivity contribution in [1.82, 2.24) is 10.2 Å². The molecule has 0 radical (unpaired) electrons. The molecule has 0 aliphatic heterocycles. The molecule has 0 heterocycles. The molecule has 0 unspecified atom stereocenters. The van der Waals surface area contributed by atoms with Crippen LogP contribution in [0.15, 0.2) is 24.3 Å². The zero-order chi connectivity index (χ0) is 15.5. The van der Waals surface area contributed by atoms with Gasteiger partial charge in [-0.3, -0.25) is 4.79 Å². The maximum absolute atomic E-state index is 11.8. The molecule has 5 nitrogen and oxygen atoms in total. The van der Waals surface area contributed by atoms with Gasteiger partial charge in [-0.2, -0.15) is 0 Å². The van der Waals surface area contributed by atoms with Gasteiger partial charge < -0.3 is 20.3 Å². The number of methoxy groups -OCH3 is 1. The van der Waals surface area contributed by atoms with Gasteiger partial charge in [0.15, 0.2) is 0 Å². The summed E-state index contributed by atoms with van der Waals surface area (Å²) >= 11 is 0. The highest BCUT2D eigenvalue weighted by Crippen LogP contribution is 2.14. The number of nitrogens with zero attached hydrogens (tertiary/aromatic N) is 1. The second kappa shape index (κ2) is 10.2. The molecule has 21 heavy (non-hydrogen) atoms. The van der Waals surface area contributed by atoms with Crippen LogP contribution in [0.1, 0.15) is 20.3 Å². The lowest BCUT2D eigenvalue weighted by Gasteiger charge is -2.17. The van der Waals surface area contributed by atoms with Gasteiger partial charge in [0.05, 0.1) is 13.7 Å². The van der Waals surface area contributed by atoms with E-state index in [4.69, 9.17) is 4.74 Å². The van der Waals surface area contributed by atoms with Crippen molar-refractivity contribution in [3.05, 3.63) is 24.3 Å². The number of nitrogens with one attached hydrogen (secondary N) is 2. The summed E-state index contributed by atoms with van der Waals surface area (Å²) in [4.78, 5) is 14.1. The third-order valence-corrected chi connectivity index (χ3v) is 3.38. The fraction of sp³-hybridized carbons (Fsp3) is 0.562. The molecule has 0 aromatic heterocycles.